The molecule has 0 unspecified atom stereocenters. The minimum absolute atomic E-state index is 0.0943. The molecule has 15 heteroatoms. The Morgan fingerprint density at radius 1 is 0.868 bits per heavy atom. The summed E-state index contributed by atoms with van der Waals surface area (Å²) < 4.78 is 43.7. The van der Waals surface area contributed by atoms with Gasteiger partial charge < -0.3 is 63.6 Å². The summed E-state index contributed by atoms with van der Waals surface area (Å²) in [7, 11) is 6.63. The highest BCUT2D eigenvalue weighted by atomic mass is 16.7. The molecule has 0 amide bonds. The Bertz CT molecular complexity index is 1210. The predicted octanol–water partition coefficient (Wildman–Crippen LogP) is 1.41. The monoisotopic (exact) mass is 763 g/mol. The Hall–Kier alpha value is -1.34. The SMILES string of the molecule is CC[C@H]1OC(=O)[C@H](C)[C@@H](O[C@H]2C[C@@](C)(OC)[C@@H](O)[C@H](C)O2)[C@H](C)[C@@H](O[C@@H]2O[C@H](C)C[C@H](N(C)C)[C@H]2O)[C@](C)(OC)C[C@@H](CO)C(=O)[C@H](C)[C@@H](O)[C@]1(C)O. The lowest BCUT2D eigenvalue weighted by molar-refractivity contribution is -0.319. The van der Waals surface area contributed by atoms with Crippen molar-refractivity contribution in [3.8, 4) is 0 Å². The maximum absolute atomic E-state index is 14.2. The van der Waals surface area contributed by atoms with Crippen LogP contribution in [0.25, 0.3) is 0 Å². The summed E-state index contributed by atoms with van der Waals surface area (Å²) in [6.07, 6.45) is -9.66. The van der Waals surface area contributed by atoms with Gasteiger partial charge in [0.1, 0.15) is 29.7 Å². The lowest BCUT2D eigenvalue weighted by Crippen LogP contribution is -2.61. The Morgan fingerprint density at radius 2 is 1.47 bits per heavy atom. The number of hydrogen-bond acceptors (Lipinski definition) is 15. The molecule has 0 bridgehead atoms. The summed E-state index contributed by atoms with van der Waals surface area (Å²) in [6, 6.07) is -0.324. The third-order valence-corrected chi connectivity index (χ3v) is 12.3. The number of cyclic esters (lactones) is 1. The van der Waals surface area contributed by atoms with Crippen molar-refractivity contribution < 1.29 is 68.3 Å². The molecule has 15 nitrogen and oxygen atoms in total. The van der Waals surface area contributed by atoms with Crippen LogP contribution in [0.15, 0.2) is 0 Å². The number of hydrogen-bond donors (Lipinski definition) is 5. The summed E-state index contributed by atoms with van der Waals surface area (Å²) in [6.45, 7) is 14.3. The Labute approximate surface area is 315 Å². The number of likely N-dealkylation sites (N-methyl/N-ethyl adjacent to an activating group) is 1. The van der Waals surface area contributed by atoms with E-state index in [-0.39, 0.29) is 31.4 Å². The third-order valence-electron chi connectivity index (χ3n) is 12.3. The molecule has 3 aliphatic heterocycles. The number of ketones is 1. The summed E-state index contributed by atoms with van der Waals surface area (Å²) in [5.41, 5.74) is -4.51. The van der Waals surface area contributed by atoms with Gasteiger partial charge in [0.2, 0.25) is 0 Å². The van der Waals surface area contributed by atoms with Gasteiger partial charge in [0.05, 0.1) is 54.2 Å². The predicted molar refractivity (Wildman–Crippen MR) is 192 cm³/mol. The zero-order valence-electron chi connectivity index (χ0n) is 34.1. The van der Waals surface area contributed by atoms with E-state index in [0.717, 1.165) is 0 Å². The van der Waals surface area contributed by atoms with Crippen molar-refractivity contribution in [3.05, 3.63) is 0 Å². The van der Waals surface area contributed by atoms with E-state index in [0.29, 0.717) is 6.42 Å². The first kappa shape index (κ1) is 46.0. The molecule has 3 fully saturated rings. The zero-order valence-corrected chi connectivity index (χ0v) is 34.1. The molecule has 3 heterocycles. The fourth-order valence-corrected chi connectivity index (χ4v) is 8.54. The topological polar surface area (TPSA) is 203 Å². The molecule has 3 aliphatic rings. The molecule has 5 N–H and O–H groups in total. The van der Waals surface area contributed by atoms with Gasteiger partial charge in [-0.2, -0.15) is 0 Å². The number of carbonyl (C=O) groups excluding carboxylic acids is 2. The number of esters is 1. The summed E-state index contributed by atoms with van der Waals surface area (Å²) in [5.74, 6) is -5.40. The van der Waals surface area contributed by atoms with Gasteiger partial charge >= 0.3 is 5.97 Å². The van der Waals surface area contributed by atoms with Crippen molar-refractivity contribution >= 4 is 11.8 Å². The number of carbonyl (C=O) groups is 2. The minimum Gasteiger partial charge on any atom is -0.459 e. The minimum atomic E-state index is -2.05. The van der Waals surface area contributed by atoms with Gasteiger partial charge in [-0.25, -0.2) is 0 Å². The second-order valence-electron chi connectivity index (χ2n) is 16.6. The number of rotatable bonds is 9. The third kappa shape index (κ3) is 9.80. The largest absolute Gasteiger partial charge is 0.459 e. The Morgan fingerprint density at radius 3 is 2.00 bits per heavy atom. The molecule has 0 saturated carbocycles. The van der Waals surface area contributed by atoms with E-state index in [1.54, 1.807) is 41.5 Å². The van der Waals surface area contributed by atoms with Crippen LogP contribution in [0.2, 0.25) is 0 Å². The summed E-state index contributed by atoms with van der Waals surface area (Å²) in [4.78, 5) is 30.1. The number of aliphatic hydroxyl groups excluding tert-OH is 4. The van der Waals surface area contributed by atoms with E-state index in [2.05, 4.69) is 0 Å². The van der Waals surface area contributed by atoms with Gasteiger partial charge in [0.15, 0.2) is 12.6 Å². The van der Waals surface area contributed by atoms with Crippen molar-refractivity contribution in [2.75, 3.05) is 34.9 Å². The van der Waals surface area contributed by atoms with Crippen LogP contribution < -0.4 is 0 Å². The molecule has 53 heavy (non-hydrogen) atoms. The quantitative estimate of drug-likeness (QED) is 0.211. The van der Waals surface area contributed by atoms with E-state index in [4.69, 9.17) is 33.2 Å². The second kappa shape index (κ2) is 18.3. The fraction of sp³-hybridized carbons (Fsp3) is 0.947. The van der Waals surface area contributed by atoms with E-state index in [9.17, 15) is 35.1 Å². The molecule has 0 aromatic heterocycles. The van der Waals surface area contributed by atoms with Gasteiger partial charge in [-0.3, -0.25) is 9.59 Å². The maximum Gasteiger partial charge on any atom is 0.311 e. The second-order valence-corrected chi connectivity index (χ2v) is 16.6. The van der Waals surface area contributed by atoms with Gasteiger partial charge in [-0.1, -0.05) is 20.8 Å². The molecular formula is C38H69NO14. The zero-order chi connectivity index (χ0) is 40.4. The van der Waals surface area contributed by atoms with E-state index >= 15 is 0 Å². The molecular weight excluding hydrogens is 694 g/mol. The first-order valence-electron chi connectivity index (χ1n) is 19.0. The number of Topliss-reactive ketones (excluding diaryl/α,β-unsaturated/α-hetero) is 1. The molecule has 0 radical (unpaired) electrons. The van der Waals surface area contributed by atoms with Crippen LogP contribution in [0, 0.1) is 23.7 Å². The van der Waals surface area contributed by atoms with E-state index in [1.165, 1.54) is 28.1 Å². The van der Waals surface area contributed by atoms with Crippen LogP contribution in [0.5, 0.6) is 0 Å². The molecule has 0 aromatic carbocycles. The van der Waals surface area contributed by atoms with Gasteiger partial charge in [-0.05, 0) is 74.9 Å². The molecule has 0 aliphatic carbocycles. The van der Waals surface area contributed by atoms with Crippen LogP contribution in [-0.4, -0.2) is 161 Å². The lowest BCUT2D eigenvalue weighted by Gasteiger charge is -2.50. The van der Waals surface area contributed by atoms with Crippen LogP contribution in [0.4, 0.5) is 0 Å². The van der Waals surface area contributed by atoms with Gasteiger partial charge in [-0.15, -0.1) is 0 Å². The normalized spacial score (nSPS) is 48.3. The lowest BCUT2D eigenvalue weighted by atomic mass is 9.73. The highest BCUT2D eigenvalue weighted by Gasteiger charge is 2.54. The van der Waals surface area contributed by atoms with E-state index in [1.807, 2.05) is 25.9 Å². The smallest absolute Gasteiger partial charge is 0.311 e. The number of aliphatic hydroxyl groups is 5. The highest BCUT2D eigenvalue weighted by Crippen LogP contribution is 2.42. The maximum atomic E-state index is 14.2. The average Bonchev–Trinajstić information content (AvgIpc) is 3.11. The number of nitrogens with zero attached hydrogens (tertiary/aromatic N) is 1. The van der Waals surface area contributed by atoms with Crippen LogP contribution in [0.3, 0.4) is 0 Å². The molecule has 3 saturated heterocycles. The van der Waals surface area contributed by atoms with E-state index < -0.39 is 114 Å². The summed E-state index contributed by atoms with van der Waals surface area (Å²) in [5, 5.41) is 56.3. The standard InChI is InChI=1S/C38H69NO14/c1-14-26-38(9,46)31(43)20(3)28(41)24(18-40)16-37(8,48-13)33(53-35-29(42)25(39(10)11)15-19(2)49-35)21(4)30(22(5)34(45)51-26)52-27-17-36(7,47-12)32(44)23(6)50-27/h19-27,29-33,35,40,42-44,46H,14-18H2,1-13H3/t19-,20+,21+,22-,23+,24+,25+,26-,27+,29-,30+,31-,32+,33-,35+,36-,37-,38-/m1/s1. The molecule has 18 atom stereocenters. The summed E-state index contributed by atoms with van der Waals surface area (Å²) >= 11 is 0. The fourth-order valence-electron chi connectivity index (χ4n) is 8.54. The van der Waals surface area contributed by atoms with Gasteiger partial charge in [0.25, 0.3) is 0 Å². The van der Waals surface area contributed by atoms with Crippen LogP contribution >= 0.6 is 0 Å². The number of ether oxygens (including phenoxy) is 7. The molecule has 310 valence electrons. The average molecular weight is 764 g/mol. The first-order chi connectivity index (χ1) is 24.5. The Kier molecular flexibility index (Phi) is 15.9. The van der Waals surface area contributed by atoms with Crippen molar-refractivity contribution in [2.45, 2.75) is 172 Å². The Balaban J connectivity index is 2.25. The van der Waals surface area contributed by atoms with Gasteiger partial charge in [0, 0.05) is 44.4 Å². The highest BCUT2D eigenvalue weighted by molar-refractivity contribution is 5.84. The van der Waals surface area contributed by atoms with Crippen molar-refractivity contribution in [3.63, 3.8) is 0 Å². The first-order valence-corrected chi connectivity index (χ1v) is 19.0. The van der Waals surface area contributed by atoms with Crippen molar-refractivity contribution in [1.82, 2.24) is 4.90 Å². The van der Waals surface area contributed by atoms with Crippen LogP contribution in [0.1, 0.15) is 88.0 Å². The molecule has 0 spiro atoms. The number of methoxy groups -OCH3 is 2. The van der Waals surface area contributed by atoms with Crippen LogP contribution in [-0.2, 0) is 42.7 Å². The van der Waals surface area contributed by atoms with Crippen molar-refractivity contribution in [2.24, 2.45) is 23.7 Å². The molecule has 0 aromatic rings. The molecule has 3 rings (SSSR count). The van der Waals surface area contributed by atoms with Crippen molar-refractivity contribution in [1.29, 1.82) is 0 Å².